The van der Waals surface area contributed by atoms with Gasteiger partial charge in [0.2, 0.25) is 5.91 Å². The number of para-hydroxylation sites is 1. The van der Waals surface area contributed by atoms with Crippen molar-refractivity contribution in [2.24, 2.45) is 5.92 Å². The molecule has 0 aromatic heterocycles. The molecule has 0 aliphatic carbocycles. The maximum Gasteiger partial charge on any atom is 0.229 e. The Kier molecular flexibility index (Phi) is 4.53. The van der Waals surface area contributed by atoms with Crippen molar-refractivity contribution < 1.29 is 4.79 Å². The van der Waals surface area contributed by atoms with E-state index in [0.29, 0.717) is 12.5 Å². The van der Waals surface area contributed by atoms with E-state index in [1.54, 1.807) is 0 Å². The maximum absolute atomic E-state index is 12.2. The molecule has 2 rings (SSSR count). The van der Waals surface area contributed by atoms with Crippen molar-refractivity contribution in [2.75, 3.05) is 30.4 Å². The van der Waals surface area contributed by atoms with Gasteiger partial charge in [0.1, 0.15) is 0 Å². The number of hydrogen-bond donors (Lipinski definition) is 2. The van der Waals surface area contributed by atoms with Gasteiger partial charge in [-0.15, -0.1) is 0 Å². The van der Waals surface area contributed by atoms with Crippen molar-refractivity contribution in [3.8, 4) is 0 Å². The Bertz CT molecular complexity index is 422. The summed E-state index contributed by atoms with van der Waals surface area (Å²) in [6.07, 6.45) is 2.09. The summed E-state index contributed by atoms with van der Waals surface area (Å²) in [4.78, 5) is 12.2. The number of thioether (sulfide) groups is 1. The molecule has 0 spiro atoms. The van der Waals surface area contributed by atoms with Gasteiger partial charge in [0.15, 0.2) is 0 Å². The van der Waals surface area contributed by atoms with Crippen LogP contribution >= 0.6 is 11.8 Å². The second kappa shape index (κ2) is 6.14. The highest BCUT2D eigenvalue weighted by Gasteiger charge is 2.27. The van der Waals surface area contributed by atoms with Crippen LogP contribution in [0.5, 0.6) is 0 Å². The molecular weight excluding hydrogens is 244 g/mol. The van der Waals surface area contributed by atoms with E-state index >= 15 is 0 Å². The number of carbonyl (C=O) groups is 1. The van der Waals surface area contributed by atoms with Gasteiger partial charge in [-0.25, -0.2) is 0 Å². The number of amides is 1. The van der Waals surface area contributed by atoms with E-state index in [-0.39, 0.29) is 11.8 Å². The number of rotatable bonds is 5. The van der Waals surface area contributed by atoms with E-state index in [1.807, 2.05) is 36.0 Å². The van der Waals surface area contributed by atoms with Crippen molar-refractivity contribution in [3.63, 3.8) is 0 Å². The number of carbonyl (C=O) groups excluding carboxylic acids is 1. The molecule has 2 unspecified atom stereocenters. The fraction of sp³-hybridized carbons (Fsp3) is 0.500. The van der Waals surface area contributed by atoms with E-state index in [0.717, 1.165) is 23.5 Å². The first-order chi connectivity index (χ1) is 8.72. The second-order valence-electron chi connectivity index (χ2n) is 4.83. The van der Waals surface area contributed by atoms with E-state index < -0.39 is 0 Å². The van der Waals surface area contributed by atoms with Crippen LogP contribution in [0.1, 0.15) is 18.4 Å². The van der Waals surface area contributed by atoms with Crippen LogP contribution in [0.2, 0.25) is 0 Å². The van der Waals surface area contributed by atoms with Crippen molar-refractivity contribution in [1.82, 2.24) is 5.32 Å². The lowest BCUT2D eigenvalue weighted by molar-refractivity contribution is -0.122. The first-order valence-corrected chi connectivity index (χ1v) is 7.71. The molecule has 3 nitrogen and oxygen atoms in total. The lowest BCUT2D eigenvalue weighted by Gasteiger charge is -2.14. The molecule has 98 valence electrons. The zero-order chi connectivity index (χ0) is 13.0. The molecule has 1 aromatic rings. The smallest absolute Gasteiger partial charge is 0.229 e. The average Bonchev–Trinajstić information content (AvgIpc) is 2.80. The van der Waals surface area contributed by atoms with Crippen LogP contribution in [0.4, 0.5) is 5.69 Å². The third kappa shape index (κ3) is 2.99. The molecule has 2 atom stereocenters. The molecule has 0 fully saturated rings. The fourth-order valence-corrected chi connectivity index (χ4v) is 2.95. The lowest BCUT2D eigenvalue weighted by Crippen LogP contribution is -2.34. The van der Waals surface area contributed by atoms with Gasteiger partial charge in [0.25, 0.3) is 0 Å². The Labute approximate surface area is 113 Å². The Morgan fingerprint density at radius 1 is 1.56 bits per heavy atom. The number of anilines is 1. The zero-order valence-corrected chi connectivity index (χ0v) is 11.7. The molecule has 0 saturated heterocycles. The topological polar surface area (TPSA) is 41.1 Å². The fourth-order valence-electron chi connectivity index (χ4n) is 2.26. The molecular formula is C14H20N2OS. The third-order valence-corrected chi connectivity index (χ3v) is 4.13. The van der Waals surface area contributed by atoms with Crippen LogP contribution in [0, 0.1) is 5.92 Å². The first-order valence-electron chi connectivity index (χ1n) is 6.31. The third-order valence-electron chi connectivity index (χ3n) is 3.23. The van der Waals surface area contributed by atoms with Crippen LogP contribution in [-0.2, 0) is 4.79 Å². The standard InChI is InChI=1S/C14H20N2OS/c1-10(9-18-2)7-16-14(17)12-8-15-13-6-4-3-5-11(12)13/h3-6,10,12,15H,7-9H2,1-2H3,(H,16,17). The predicted octanol–water partition coefficient (Wildman–Crippen LogP) is 2.31. The van der Waals surface area contributed by atoms with Crippen molar-refractivity contribution >= 4 is 23.4 Å². The van der Waals surface area contributed by atoms with Gasteiger partial charge in [-0.3, -0.25) is 4.79 Å². The van der Waals surface area contributed by atoms with Crippen LogP contribution in [-0.4, -0.2) is 31.0 Å². The van der Waals surface area contributed by atoms with Crippen molar-refractivity contribution in [1.29, 1.82) is 0 Å². The van der Waals surface area contributed by atoms with Crippen molar-refractivity contribution in [3.05, 3.63) is 29.8 Å². The molecule has 4 heteroatoms. The Morgan fingerprint density at radius 3 is 3.11 bits per heavy atom. The van der Waals surface area contributed by atoms with Gasteiger partial charge >= 0.3 is 0 Å². The maximum atomic E-state index is 12.2. The monoisotopic (exact) mass is 264 g/mol. The minimum absolute atomic E-state index is 0.0392. The van der Waals surface area contributed by atoms with E-state index in [1.165, 1.54) is 0 Å². The molecule has 18 heavy (non-hydrogen) atoms. The SMILES string of the molecule is CSCC(C)CNC(=O)C1CNc2ccccc21. The number of hydrogen-bond acceptors (Lipinski definition) is 3. The minimum atomic E-state index is -0.0392. The molecule has 1 aliphatic heterocycles. The Hall–Kier alpha value is -1.16. The van der Waals surface area contributed by atoms with E-state index in [9.17, 15) is 4.79 Å². The highest BCUT2D eigenvalue weighted by Crippen LogP contribution is 2.30. The molecule has 1 aliphatic rings. The predicted molar refractivity (Wildman–Crippen MR) is 78.2 cm³/mol. The van der Waals surface area contributed by atoms with Crippen molar-refractivity contribution in [2.45, 2.75) is 12.8 Å². The largest absolute Gasteiger partial charge is 0.384 e. The minimum Gasteiger partial charge on any atom is -0.384 e. The summed E-state index contributed by atoms with van der Waals surface area (Å²) in [5.74, 6) is 1.71. The summed E-state index contributed by atoms with van der Waals surface area (Å²) >= 11 is 1.82. The van der Waals surface area contributed by atoms with Crippen LogP contribution < -0.4 is 10.6 Å². The average molecular weight is 264 g/mol. The lowest BCUT2D eigenvalue weighted by atomic mass is 10.0. The highest BCUT2D eigenvalue weighted by molar-refractivity contribution is 7.98. The number of fused-ring (bicyclic) bond motifs is 1. The summed E-state index contributed by atoms with van der Waals surface area (Å²) in [5.41, 5.74) is 2.21. The number of benzene rings is 1. The van der Waals surface area contributed by atoms with Crippen LogP contribution in [0.25, 0.3) is 0 Å². The van der Waals surface area contributed by atoms with Crippen LogP contribution in [0.15, 0.2) is 24.3 Å². The Morgan fingerprint density at radius 2 is 2.33 bits per heavy atom. The molecule has 2 N–H and O–H groups in total. The molecule has 0 bridgehead atoms. The second-order valence-corrected chi connectivity index (χ2v) is 5.74. The molecule has 0 radical (unpaired) electrons. The highest BCUT2D eigenvalue weighted by atomic mass is 32.2. The molecule has 1 heterocycles. The molecule has 1 amide bonds. The van der Waals surface area contributed by atoms with Gasteiger partial charge in [0.05, 0.1) is 5.92 Å². The van der Waals surface area contributed by atoms with Gasteiger partial charge in [-0.05, 0) is 29.6 Å². The molecule has 1 aromatic carbocycles. The summed E-state index contributed by atoms with van der Waals surface area (Å²) in [7, 11) is 0. The van der Waals surface area contributed by atoms with E-state index in [4.69, 9.17) is 0 Å². The Balaban J connectivity index is 1.91. The summed E-state index contributed by atoms with van der Waals surface area (Å²) in [5, 5.41) is 6.34. The quantitative estimate of drug-likeness (QED) is 0.857. The summed E-state index contributed by atoms with van der Waals surface area (Å²) < 4.78 is 0. The van der Waals surface area contributed by atoms with Gasteiger partial charge < -0.3 is 10.6 Å². The number of nitrogens with one attached hydrogen (secondary N) is 2. The molecule has 0 saturated carbocycles. The van der Waals surface area contributed by atoms with Gasteiger partial charge in [-0.1, -0.05) is 25.1 Å². The first kappa shape index (κ1) is 13.3. The van der Waals surface area contributed by atoms with Gasteiger partial charge in [-0.2, -0.15) is 11.8 Å². The summed E-state index contributed by atoms with van der Waals surface area (Å²) in [6.45, 7) is 3.64. The zero-order valence-electron chi connectivity index (χ0n) is 10.9. The normalized spacial score (nSPS) is 18.9. The van der Waals surface area contributed by atoms with Crippen LogP contribution in [0.3, 0.4) is 0 Å². The summed E-state index contributed by atoms with van der Waals surface area (Å²) in [6, 6.07) is 8.04. The van der Waals surface area contributed by atoms with E-state index in [2.05, 4.69) is 23.8 Å². The van der Waals surface area contributed by atoms with Gasteiger partial charge in [0, 0.05) is 18.8 Å².